The minimum Gasteiger partial charge on any atom is -0.396 e. The number of hydrogen-bond acceptors (Lipinski definition) is 4. The number of carbonyl (C=O) groups excluding carboxylic acids is 1. The van der Waals surface area contributed by atoms with E-state index in [4.69, 9.17) is 10.4 Å². The first kappa shape index (κ1) is 15.3. The maximum absolute atomic E-state index is 11.5. The van der Waals surface area contributed by atoms with Gasteiger partial charge in [-0.3, -0.25) is 4.79 Å². The maximum Gasteiger partial charge on any atom is 0.230 e. The molecule has 0 saturated heterocycles. The summed E-state index contributed by atoms with van der Waals surface area (Å²) in [6.45, 7) is 6.13. The summed E-state index contributed by atoms with van der Waals surface area (Å²) in [5.41, 5.74) is -0.0711. The van der Waals surface area contributed by atoms with Gasteiger partial charge in [-0.25, -0.2) is 0 Å². The Bertz CT molecular complexity index is 256. The first-order valence-electron chi connectivity index (χ1n) is 5.26. The van der Waals surface area contributed by atoms with E-state index < -0.39 is 0 Å². The van der Waals surface area contributed by atoms with Crippen molar-refractivity contribution >= 4 is 17.7 Å². The summed E-state index contributed by atoms with van der Waals surface area (Å²) >= 11 is 1.30. The van der Waals surface area contributed by atoms with Gasteiger partial charge in [-0.2, -0.15) is 5.26 Å². The number of rotatable bonds is 6. The van der Waals surface area contributed by atoms with Gasteiger partial charge >= 0.3 is 0 Å². The lowest BCUT2D eigenvalue weighted by Gasteiger charge is -2.31. The van der Waals surface area contributed by atoms with E-state index in [9.17, 15) is 4.79 Å². The van der Waals surface area contributed by atoms with Gasteiger partial charge in [0.1, 0.15) is 0 Å². The molecule has 0 spiro atoms. The predicted octanol–water partition coefficient (Wildman–Crippen LogP) is 1.16. The van der Waals surface area contributed by atoms with Crippen LogP contribution in [-0.2, 0) is 4.79 Å². The summed E-state index contributed by atoms with van der Waals surface area (Å²) in [7, 11) is 0. The Labute approximate surface area is 101 Å². The molecule has 0 aliphatic rings. The van der Waals surface area contributed by atoms with Crippen LogP contribution in [0.1, 0.15) is 27.2 Å². The number of aliphatic hydroxyl groups is 1. The van der Waals surface area contributed by atoms with Gasteiger partial charge in [0.25, 0.3) is 0 Å². The predicted molar refractivity (Wildman–Crippen MR) is 66.0 cm³/mol. The third kappa shape index (κ3) is 6.70. The fraction of sp³-hybridized carbons (Fsp3) is 0.818. The molecule has 0 bridgehead atoms. The van der Waals surface area contributed by atoms with Gasteiger partial charge in [0, 0.05) is 12.6 Å². The highest BCUT2D eigenvalue weighted by atomic mass is 32.2. The molecule has 16 heavy (non-hydrogen) atoms. The van der Waals surface area contributed by atoms with Crippen molar-refractivity contribution in [3.63, 3.8) is 0 Å². The SMILES string of the molecule is CC(C)(C)C(CCO)NC(=O)CSCC#N. The monoisotopic (exact) mass is 244 g/mol. The quantitative estimate of drug-likeness (QED) is 0.688. The number of nitriles is 1. The van der Waals surface area contributed by atoms with Gasteiger partial charge in [0.05, 0.1) is 17.6 Å². The molecule has 2 N–H and O–H groups in total. The lowest BCUT2D eigenvalue weighted by molar-refractivity contribution is -0.120. The molecule has 0 radical (unpaired) electrons. The maximum atomic E-state index is 11.5. The van der Waals surface area contributed by atoms with E-state index in [1.807, 2.05) is 26.8 Å². The van der Waals surface area contributed by atoms with Crippen molar-refractivity contribution < 1.29 is 9.90 Å². The van der Waals surface area contributed by atoms with Crippen LogP contribution in [0.4, 0.5) is 0 Å². The molecule has 0 heterocycles. The highest BCUT2D eigenvalue weighted by Gasteiger charge is 2.25. The average Bonchev–Trinajstić information content (AvgIpc) is 2.16. The van der Waals surface area contributed by atoms with Crippen molar-refractivity contribution in [3.8, 4) is 6.07 Å². The number of carbonyl (C=O) groups is 1. The molecule has 5 heteroatoms. The number of amides is 1. The van der Waals surface area contributed by atoms with Crippen LogP contribution in [0.5, 0.6) is 0 Å². The minimum absolute atomic E-state index is 0.0346. The third-order valence-corrected chi connectivity index (χ3v) is 3.00. The molecule has 0 rings (SSSR count). The lowest BCUT2D eigenvalue weighted by Crippen LogP contribution is -2.45. The Morgan fingerprint density at radius 3 is 2.62 bits per heavy atom. The summed E-state index contributed by atoms with van der Waals surface area (Å²) in [6.07, 6.45) is 0.554. The molecular formula is C11H20N2O2S. The van der Waals surface area contributed by atoms with Gasteiger partial charge in [-0.15, -0.1) is 11.8 Å². The molecule has 1 unspecified atom stereocenters. The van der Waals surface area contributed by atoms with Crippen LogP contribution in [0.2, 0.25) is 0 Å². The first-order chi connectivity index (χ1) is 7.41. The van der Waals surface area contributed by atoms with Crippen LogP contribution in [0, 0.1) is 16.7 Å². The zero-order valence-electron chi connectivity index (χ0n) is 10.1. The fourth-order valence-electron chi connectivity index (χ4n) is 1.28. The normalized spacial score (nSPS) is 12.9. The highest BCUT2D eigenvalue weighted by molar-refractivity contribution is 8.00. The van der Waals surface area contributed by atoms with Crippen LogP contribution in [-0.4, -0.2) is 35.2 Å². The second-order valence-electron chi connectivity index (χ2n) is 4.65. The Morgan fingerprint density at radius 2 is 2.19 bits per heavy atom. The molecule has 0 fully saturated rings. The second kappa shape index (κ2) is 7.53. The number of nitrogens with one attached hydrogen (secondary N) is 1. The second-order valence-corrected chi connectivity index (χ2v) is 5.63. The molecule has 0 saturated carbocycles. The summed E-state index contributed by atoms with van der Waals surface area (Å²) in [5.74, 6) is 0.549. The standard InChI is InChI=1S/C11H20N2O2S/c1-11(2,3)9(4-6-14)13-10(15)8-16-7-5-12/h9,14H,4,6-8H2,1-3H3,(H,13,15). The van der Waals surface area contributed by atoms with Crippen LogP contribution >= 0.6 is 11.8 Å². The summed E-state index contributed by atoms with van der Waals surface area (Å²) < 4.78 is 0. The van der Waals surface area contributed by atoms with E-state index in [-0.39, 0.29) is 24.0 Å². The van der Waals surface area contributed by atoms with E-state index in [0.29, 0.717) is 17.9 Å². The van der Waals surface area contributed by atoms with E-state index in [1.54, 1.807) is 0 Å². The average molecular weight is 244 g/mol. The Morgan fingerprint density at radius 1 is 1.56 bits per heavy atom. The van der Waals surface area contributed by atoms with Crippen molar-refractivity contribution in [1.29, 1.82) is 5.26 Å². The van der Waals surface area contributed by atoms with Crippen LogP contribution in [0.15, 0.2) is 0 Å². The van der Waals surface area contributed by atoms with Crippen molar-refractivity contribution in [2.45, 2.75) is 33.2 Å². The highest BCUT2D eigenvalue weighted by Crippen LogP contribution is 2.21. The van der Waals surface area contributed by atoms with Crippen molar-refractivity contribution in [1.82, 2.24) is 5.32 Å². The molecule has 0 aromatic heterocycles. The number of thioether (sulfide) groups is 1. The van der Waals surface area contributed by atoms with Gasteiger partial charge < -0.3 is 10.4 Å². The molecule has 0 aromatic rings. The largest absolute Gasteiger partial charge is 0.396 e. The topological polar surface area (TPSA) is 73.1 Å². The molecule has 0 aliphatic carbocycles. The first-order valence-corrected chi connectivity index (χ1v) is 6.42. The minimum atomic E-state index is -0.0753. The Balaban J connectivity index is 4.10. The van der Waals surface area contributed by atoms with E-state index in [0.717, 1.165) is 0 Å². The summed E-state index contributed by atoms with van der Waals surface area (Å²) in [4.78, 5) is 11.5. The van der Waals surface area contributed by atoms with Gasteiger partial charge in [-0.05, 0) is 11.8 Å². The van der Waals surface area contributed by atoms with Gasteiger partial charge in [0.15, 0.2) is 0 Å². The molecule has 0 aliphatic heterocycles. The molecular weight excluding hydrogens is 224 g/mol. The number of nitrogens with zero attached hydrogens (tertiary/aromatic N) is 1. The van der Waals surface area contributed by atoms with Crippen LogP contribution in [0.3, 0.4) is 0 Å². The molecule has 0 aromatic carbocycles. The van der Waals surface area contributed by atoms with Crippen LogP contribution < -0.4 is 5.32 Å². The third-order valence-electron chi connectivity index (χ3n) is 2.20. The lowest BCUT2D eigenvalue weighted by atomic mass is 9.85. The fourth-order valence-corrected chi connectivity index (χ4v) is 1.74. The molecule has 1 amide bonds. The van der Waals surface area contributed by atoms with Crippen molar-refractivity contribution in [2.24, 2.45) is 5.41 Å². The van der Waals surface area contributed by atoms with Crippen molar-refractivity contribution in [3.05, 3.63) is 0 Å². The van der Waals surface area contributed by atoms with Crippen molar-refractivity contribution in [2.75, 3.05) is 18.1 Å². The molecule has 92 valence electrons. The molecule has 4 nitrogen and oxygen atoms in total. The van der Waals surface area contributed by atoms with Gasteiger partial charge in [0.2, 0.25) is 5.91 Å². The van der Waals surface area contributed by atoms with Crippen LogP contribution in [0.25, 0.3) is 0 Å². The summed E-state index contributed by atoms with van der Waals surface area (Å²) in [5, 5.41) is 20.2. The zero-order valence-corrected chi connectivity index (χ0v) is 10.9. The summed E-state index contributed by atoms with van der Waals surface area (Å²) in [6, 6.07) is 1.94. The smallest absolute Gasteiger partial charge is 0.230 e. The molecule has 1 atom stereocenters. The Hall–Kier alpha value is -0.730. The zero-order chi connectivity index (χ0) is 12.6. The number of hydrogen-bond donors (Lipinski definition) is 2. The van der Waals surface area contributed by atoms with E-state index in [2.05, 4.69) is 5.32 Å². The van der Waals surface area contributed by atoms with E-state index in [1.165, 1.54) is 11.8 Å². The van der Waals surface area contributed by atoms with E-state index >= 15 is 0 Å². The number of aliphatic hydroxyl groups excluding tert-OH is 1. The Kier molecular flexibility index (Phi) is 7.18. The van der Waals surface area contributed by atoms with Gasteiger partial charge in [-0.1, -0.05) is 20.8 Å².